The van der Waals surface area contributed by atoms with Crippen molar-refractivity contribution in [3.8, 4) is 0 Å². The van der Waals surface area contributed by atoms with Crippen molar-refractivity contribution in [3.05, 3.63) is 36.1 Å². The fourth-order valence-electron chi connectivity index (χ4n) is 4.95. The Hall–Kier alpha value is -2.71. The summed E-state index contributed by atoms with van der Waals surface area (Å²) in [7, 11) is 0. The predicted molar refractivity (Wildman–Crippen MR) is 102 cm³/mol. The SMILES string of the molecule is NC(=O)CN1OC2C(=O)N(C3CCCCC3)C(=O)C2C1c1cc2ccccc2o1. The van der Waals surface area contributed by atoms with Crippen LogP contribution in [0.15, 0.2) is 34.7 Å². The first-order valence-corrected chi connectivity index (χ1v) is 10.1. The zero-order valence-corrected chi connectivity index (χ0v) is 16.0. The minimum atomic E-state index is -0.943. The topological polar surface area (TPSA) is 106 Å². The van der Waals surface area contributed by atoms with Gasteiger partial charge in [0.1, 0.15) is 29.8 Å². The van der Waals surface area contributed by atoms with E-state index in [1.807, 2.05) is 30.3 Å². The highest BCUT2D eigenvalue weighted by Crippen LogP contribution is 2.46. The van der Waals surface area contributed by atoms with Gasteiger partial charge in [-0.15, -0.1) is 0 Å². The van der Waals surface area contributed by atoms with E-state index >= 15 is 0 Å². The predicted octanol–water partition coefficient (Wildman–Crippen LogP) is 1.89. The molecule has 1 aromatic heterocycles. The van der Waals surface area contributed by atoms with Crippen LogP contribution in [-0.2, 0) is 19.2 Å². The second kappa shape index (κ2) is 6.96. The standard InChI is InChI=1S/C21H23N3O5/c22-16(25)11-23-18(15-10-12-6-4-5-9-14(12)28-15)17-19(29-23)21(27)24(20(17)26)13-7-2-1-3-8-13/h4-6,9-10,13,17-19H,1-3,7-8,11H2,(H2,22,25). The van der Waals surface area contributed by atoms with Gasteiger partial charge in [-0.25, -0.2) is 0 Å². The molecule has 0 bridgehead atoms. The zero-order chi connectivity index (χ0) is 20.1. The molecule has 0 spiro atoms. The van der Waals surface area contributed by atoms with Crippen LogP contribution in [0.1, 0.15) is 43.9 Å². The summed E-state index contributed by atoms with van der Waals surface area (Å²) in [5.74, 6) is -1.42. The molecule has 3 heterocycles. The van der Waals surface area contributed by atoms with Crippen LogP contribution in [-0.4, -0.2) is 46.4 Å². The van der Waals surface area contributed by atoms with Gasteiger partial charge in [-0.3, -0.25) is 24.1 Å². The maximum atomic E-state index is 13.4. The smallest absolute Gasteiger partial charge is 0.261 e. The van der Waals surface area contributed by atoms with E-state index in [2.05, 4.69) is 0 Å². The summed E-state index contributed by atoms with van der Waals surface area (Å²) < 4.78 is 5.98. The first-order chi connectivity index (χ1) is 14.0. The number of carbonyl (C=O) groups is 3. The summed E-state index contributed by atoms with van der Waals surface area (Å²) in [5, 5.41) is 2.22. The van der Waals surface area contributed by atoms with Crippen molar-refractivity contribution in [2.24, 2.45) is 11.7 Å². The lowest BCUT2D eigenvalue weighted by Gasteiger charge is -2.31. The first-order valence-electron chi connectivity index (χ1n) is 10.1. The van der Waals surface area contributed by atoms with Crippen LogP contribution in [0.5, 0.6) is 0 Å². The van der Waals surface area contributed by atoms with Crippen molar-refractivity contribution in [1.82, 2.24) is 9.96 Å². The molecule has 3 atom stereocenters. The first kappa shape index (κ1) is 18.3. The molecule has 3 fully saturated rings. The Kier molecular flexibility index (Phi) is 4.40. The Balaban J connectivity index is 1.52. The van der Waals surface area contributed by atoms with Crippen LogP contribution in [0.25, 0.3) is 11.0 Å². The molecule has 2 saturated heterocycles. The van der Waals surface area contributed by atoms with Crippen molar-refractivity contribution in [1.29, 1.82) is 0 Å². The van der Waals surface area contributed by atoms with Crippen LogP contribution in [0.3, 0.4) is 0 Å². The molecule has 2 aliphatic heterocycles. The normalized spacial score (nSPS) is 28.4. The van der Waals surface area contributed by atoms with Gasteiger partial charge in [0.15, 0.2) is 6.10 Å². The number of nitrogens with two attached hydrogens (primary N) is 1. The number of likely N-dealkylation sites (tertiary alicyclic amines) is 1. The van der Waals surface area contributed by atoms with Gasteiger partial charge in [0, 0.05) is 11.4 Å². The van der Waals surface area contributed by atoms with Gasteiger partial charge in [-0.05, 0) is 25.0 Å². The number of imide groups is 1. The molecule has 2 aromatic rings. The molecule has 3 aliphatic rings. The number of primary amides is 1. The number of hydrogen-bond acceptors (Lipinski definition) is 6. The third-order valence-electron chi connectivity index (χ3n) is 6.22. The van der Waals surface area contributed by atoms with Crippen molar-refractivity contribution < 1.29 is 23.6 Å². The molecular formula is C21H23N3O5. The maximum Gasteiger partial charge on any atom is 0.261 e. The molecule has 1 saturated carbocycles. The van der Waals surface area contributed by atoms with E-state index in [9.17, 15) is 14.4 Å². The number of benzene rings is 1. The monoisotopic (exact) mass is 397 g/mol. The highest BCUT2D eigenvalue weighted by molar-refractivity contribution is 6.07. The van der Waals surface area contributed by atoms with Crippen LogP contribution in [0, 0.1) is 5.92 Å². The van der Waals surface area contributed by atoms with E-state index < -0.39 is 24.0 Å². The van der Waals surface area contributed by atoms with Gasteiger partial charge in [0.25, 0.3) is 5.91 Å². The summed E-state index contributed by atoms with van der Waals surface area (Å²) in [5.41, 5.74) is 6.05. The Morgan fingerprint density at radius 1 is 1.10 bits per heavy atom. The summed E-state index contributed by atoms with van der Waals surface area (Å²) in [6.07, 6.45) is 3.87. The molecule has 0 radical (unpaired) electrons. The number of fused-ring (bicyclic) bond motifs is 2. The lowest BCUT2D eigenvalue weighted by Crippen LogP contribution is -2.45. The highest BCUT2D eigenvalue weighted by Gasteiger charge is 2.61. The molecular weight excluding hydrogens is 374 g/mol. The molecule has 3 unspecified atom stereocenters. The van der Waals surface area contributed by atoms with E-state index in [-0.39, 0.29) is 24.4 Å². The van der Waals surface area contributed by atoms with E-state index in [1.165, 1.54) is 9.96 Å². The van der Waals surface area contributed by atoms with Gasteiger partial charge in [0.05, 0.1) is 0 Å². The van der Waals surface area contributed by atoms with Crippen LogP contribution in [0.4, 0.5) is 0 Å². The van der Waals surface area contributed by atoms with Gasteiger partial charge in [0.2, 0.25) is 11.8 Å². The zero-order valence-electron chi connectivity index (χ0n) is 16.0. The Bertz CT molecular complexity index is 947. The summed E-state index contributed by atoms with van der Waals surface area (Å²) in [6.45, 7) is -0.224. The molecule has 1 aliphatic carbocycles. The Labute approximate surface area is 167 Å². The van der Waals surface area contributed by atoms with Gasteiger partial charge >= 0.3 is 0 Å². The van der Waals surface area contributed by atoms with Gasteiger partial charge in [-0.1, -0.05) is 37.5 Å². The minimum Gasteiger partial charge on any atom is -0.459 e. The fourth-order valence-corrected chi connectivity index (χ4v) is 4.95. The van der Waals surface area contributed by atoms with E-state index in [1.54, 1.807) is 0 Å². The van der Waals surface area contributed by atoms with Crippen LogP contribution in [0.2, 0.25) is 0 Å². The van der Waals surface area contributed by atoms with Crippen molar-refractivity contribution >= 4 is 28.7 Å². The molecule has 2 N–H and O–H groups in total. The highest BCUT2D eigenvalue weighted by atomic mass is 16.7. The number of furan rings is 1. The average molecular weight is 397 g/mol. The maximum absolute atomic E-state index is 13.4. The lowest BCUT2D eigenvalue weighted by molar-refractivity contribution is -0.184. The molecule has 5 rings (SSSR count). The summed E-state index contributed by atoms with van der Waals surface area (Å²) in [4.78, 5) is 45.3. The number of rotatable bonds is 4. The second-order valence-electron chi connectivity index (χ2n) is 8.06. The summed E-state index contributed by atoms with van der Waals surface area (Å²) >= 11 is 0. The molecule has 1 aromatic carbocycles. The fraction of sp³-hybridized carbons (Fsp3) is 0.476. The number of para-hydroxylation sites is 1. The molecule has 8 heteroatoms. The van der Waals surface area contributed by atoms with Gasteiger partial charge < -0.3 is 10.2 Å². The van der Waals surface area contributed by atoms with Crippen LogP contribution >= 0.6 is 0 Å². The van der Waals surface area contributed by atoms with Crippen molar-refractivity contribution in [2.45, 2.75) is 50.3 Å². The molecule has 3 amide bonds. The van der Waals surface area contributed by atoms with Crippen LogP contribution < -0.4 is 5.73 Å². The van der Waals surface area contributed by atoms with Crippen molar-refractivity contribution in [3.63, 3.8) is 0 Å². The number of hydroxylamine groups is 2. The largest absolute Gasteiger partial charge is 0.459 e. The Morgan fingerprint density at radius 2 is 1.86 bits per heavy atom. The third kappa shape index (κ3) is 2.94. The van der Waals surface area contributed by atoms with E-state index in [0.717, 1.165) is 37.5 Å². The van der Waals surface area contributed by atoms with E-state index in [4.69, 9.17) is 15.0 Å². The summed E-state index contributed by atoms with van der Waals surface area (Å²) in [6, 6.07) is 8.58. The van der Waals surface area contributed by atoms with E-state index in [0.29, 0.717) is 11.3 Å². The quantitative estimate of drug-likeness (QED) is 0.790. The number of carbonyl (C=O) groups excluding carboxylic acids is 3. The average Bonchev–Trinajstić information content (AvgIpc) is 3.35. The number of nitrogens with zero attached hydrogens (tertiary/aromatic N) is 2. The second-order valence-corrected chi connectivity index (χ2v) is 8.06. The Morgan fingerprint density at radius 3 is 2.59 bits per heavy atom. The minimum absolute atomic E-state index is 0.0705. The third-order valence-corrected chi connectivity index (χ3v) is 6.22. The molecule has 8 nitrogen and oxygen atoms in total. The van der Waals surface area contributed by atoms with Gasteiger partial charge in [-0.2, -0.15) is 5.06 Å². The number of hydrogen-bond donors (Lipinski definition) is 1. The van der Waals surface area contributed by atoms with Crippen molar-refractivity contribution in [2.75, 3.05) is 6.54 Å². The molecule has 152 valence electrons. The molecule has 29 heavy (non-hydrogen) atoms. The number of amides is 3. The lowest BCUT2D eigenvalue weighted by atomic mass is 9.93.